The van der Waals surface area contributed by atoms with Crippen LogP contribution in [0, 0.1) is 0 Å². The molecule has 2 bridgehead atoms. The number of rotatable bonds is 1. The minimum absolute atomic E-state index is 0.193. The molecule has 0 radical (unpaired) electrons. The van der Waals surface area contributed by atoms with Crippen LogP contribution >= 0.6 is 0 Å². The molecule has 2 amide bonds. The molecular formula is C12H18N2O4. The summed E-state index contributed by atoms with van der Waals surface area (Å²) in [6, 6.07) is -0.193. The molecule has 3 aliphatic rings. The first-order valence-corrected chi connectivity index (χ1v) is 5.94. The van der Waals surface area contributed by atoms with Gasteiger partial charge in [-0.1, -0.05) is 6.08 Å². The van der Waals surface area contributed by atoms with E-state index in [9.17, 15) is 9.59 Å². The summed E-state index contributed by atoms with van der Waals surface area (Å²) in [7, 11) is 0. The van der Waals surface area contributed by atoms with Gasteiger partial charge < -0.3 is 10.5 Å². The molecule has 0 saturated carbocycles. The van der Waals surface area contributed by atoms with Crippen molar-refractivity contribution in [1.29, 1.82) is 0 Å². The SMILES string of the molecule is CC(C)(C)OC(=O)N1OC2(C(N)=O)C=CC1CC2. The minimum atomic E-state index is -1.20. The van der Waals surface area contributed by atoms with E-state index in [1.807, 2.05) is 0 Å². The van der Waals surface area contributed by atoms with Crippen molar-refractivity contribution >= 4 is 12.0 Å². The highest BCUT2D eigenvalue weighted by atomic mass is 16.8. The average molecular weight is 254 g/mol. The summed E-state index contributed by atoms with van der Waals surface area (Å²) in [5.41, 5.74) is 3.52. The molecule has 2 aliphatic heterocycles. The number of hydrogen-bond acceptors (Lipinski definition) is 4. The second-order valence-electron chi connectivity index (χ2n) is 5.62. The molecule has 0 aromatic heterocycles. The van der Waals surface area contributed by atoms with Crippen LogP contribution in [-0.2, 0) is 14.4 Å². The van der Waals surface area contributed by atoms with Gasteiger partial charge in [0.15, 0.2) is 5.60 Å². The predicted molar refractivity (Wildman–Crippen MR) is 63.2 cm³/mol. The number of hydroxylamine groups is 2. The van der Waals surface area contributed by atoms with Crippen LogP contribution < -0.4 is 5.73 Å². The van der Waals surface area contributed by atoms with Crippen molar-refractivity contribution in [1.82, 2.24) is 5.06 Å². The summed E-state index contributed by atoms with van der Waals surface area (Å²) < 4.78 is 5.23. The van der Waals surface area contributed by atoms with Crippen molar-refractivity contribution in [3.63, 3.8) is 0 Å². The fraction of sp³-hybridized carbons (Fsp3) is 0.667. The molecule has 1 fully saturated rings. The summed E-state index contributed by atoms with van der Waals surface area (Å²) in [4.78, 5) is 28.9. The van der Waals surface area contributed by atoms with E-state index in [0.717, 1.165) is 5.06 Å². The molecule has 0 spiro atoms. The van der Waals surface area contributed by atoms with Crippen LogP contribution in [0.15, 0.2) is 12.2 Å². The minimum Gasteiger partial charge on any atom is -0.442 e. The lowest BCUT2D eigenvalue weighted by molar-refractivity contribution is -0.250. The summed E-state index contributed by atoms with van der Waals surface area (Å²) in [5.74, 6) is -0.592. The van der Waals surface area contributed by atoms with Gasteiger partial charge in [-0.25, -0.2) is 9.63 Å². The Hall–Kier alpha value is -1.56. The van der Waals surface area contributed by atoms with E-state index in [0.29, 0.717) is 12.8 Å². The standard InChI is InChI=1S/C12H18N2O4/c1-11(2,3)17-10(16)14-8-4-6-12(18-14,7-5-8)9(13)15/h4,6,8H,5,7H2,1-3H3,(H2,13,15). The number of amides is 2. The Morgan fingerprint density at radius 1 is 1.50 bits per heavy atom. The van der Waals surface area contributed by atoms with E-state index >= 15 is 0 Å². The smallest absolute Gasteiger partial charge is 0.435 e. The summed E-state index contributed by atoms with van der Waals surface area (Å²) in [6.45, 7) is 5.31. The van der Waals surface area contributed by atoms with Crippen LogP contribution in [0.1, 0.15) is 33.6 Å². The average Bonchev–Trinajstić information content (AvgIpc) is 2.28. The largest absolute Gasteiger partial charge is 0.442 e. The Bertz CT molecular complexity index is 413. The van der Waals surface area contributed by atoms with Crippen molar-refractivity contribution in [2.75, 3.05) is 0 Å². The quantitative estimate of drug-likeness (QED) is 0.711. The number of fused-ring (bicyclic) bond motifs is 2. The van der Waals surface area contributed by atoms with Gasteiger partial charge in [0, 0.05) is 0 Å². The molecule has 18 heavy (non-hydrogen) atoms. The number of primary amides is 1. The van der Waals surface area contributed by atoms with E-state index in [1.54, 1.807) is 32.9 Å². The molecule has 6 heteroatoms. The van der Waals surface area contributed by atoms with Crippen LogP contribution in [0.2, 0.25) is 0 Å². The second kappa shape index (κ2) is 3.98. The number of hydrogen-bond donors (Lipinski definition) is 1. The third-order valence-electron chi connectivity index (χ3n) is 2.95. The van der Waals surface area contributed by atoms with Gasteiger partial charge in [-0.15, -0.1) is 0 Å². The van der Waals surface area contributed by atoms with Gasteiger partial charge in [0.25, 0.3) is 5.91 Å². The molecule has 2 N–H and O–H groups in total. The maximum Gasteiger partial charge on any atom is 0.435 e. The molecule has 6 nitrogen and oxygen atoms in total. The van der Waals surface area contributed by atoms with Crippen LogP contribution in [0.25, 0.3) is 0 Å². The first-order chi connectivity index (χ1) is 8.23. The normalized spacial score (nSPS) is 30.4. The van der Waals surface area contributed by atoms with Crippen molar-refractivity contribution in [2.45, 2.75) is 50.9 Å². The zero-order valence-electron chi connectivity index (χ0n) is 10.8. The van der Waals surface area contributed by atoms with Crippen molar-refractivity contribution in [2.24, 2.45) is 5.73 Å². The third-order valence-corrected chi connectivity index (χ3v) is 2.95. The zero-order chi connectivity index (χ0) is 13.6. The third kappa shape index (κ3) is 2.20. The van der Waals surface area contributed by atoms with E-state index < -0.39 is 23.2 Å². The Morgan fingerprint density at radius 2 is 2.17 bits per heavy atom. The summed E-state index contributed by atoms with van der Waals surface area (Å²) >= 11 is 0. The molecule has 2 heterocycles. The topological polar surface area (TPSA) is 81.9 Å². The fourth-order valence-corrected chi connectivity index (χ4v) is 2.05. The molecule has 0 aromatic carbocycles. The molecule has 0 aromatic rings. The first-order valence-electron chi connectivity index (χ1n) is 5.94. The van der Waals surface area contributed by atoms with Crippen LogP contribution in [-0.4, -0.2) is 34.3 Å². The van der Waals surface area contributed by atoms with Crippen molar-refractivity contribution < 1.29 is 19.2 Å². The Labute approximate surface area is 106 Å². The highest BCUT2D eigenvalue weighted by Crippen LogP contribution is 2.36. The number of nitrogens with two attached hydrogens (primary N) is 1. The lowest BCUT2D eigenvalue weighted by atomic mass is 9.86. The van der Waals surface area contributed by atoms with Gasteiger partial charge >= 0.3 is 6.09 Å². The molecular weight excluding hydrogens is 236 g/mol. The van der Waals surface area contributed by atoms with Gasteiger partial charge in [-0.3, -0.25) is 4.79 Å². The maximum atomic E-state index is 12.0. The monoisotopic (exact) mass is 254 g/mol. The van der Waals surface area contributed by atoms with Gasteiger partial charge in [0.1, 0.15) is 5.60 Å². The van der Waals surface area contributed by atoms with Crippen molar-refractivity contribution in [3.05, 3.63) is 12.2 Å². The van der Waals surface area contributed by atoms with Crippen LogP contribution in [0.5, 0.6) is 0 Å². The molecule has 100 valence electrons. The molecule has 1 aliphatic carbocycles. The lowest BCUT2D eigenvalue weighted by Gasteiger charge is -2.45. The number of nitrogens with zero attached hydrogens (tertiary/aromatic N) is 1. The fourth-order valence-electron chi connectivity index (χ4n) is 2.05. The zero-order valence-corrected chi connectivity index (χ0v) is 10.8. The molecule has 2 atom stereocenters. The van der Waals surface area contributed by atoms with Gasteiger partial charge in [0.2, 0.25) is 0 Å². The van der Waals surface area contributed by atoms with E-state index in [1.165, 1.54) is 0 Å². The molecule has 3 rings (SSSR count). The lowest BCUT2D eigenvalue weighted by Crippen LogP contribution is -2.60. The van der Waals surface area contributed by atoms with E-state index in [2.05, 4.69) is 0 Å². The number of carbonyl (C=O) groups is 2. The number of ether oxygens (including phenoxy) is 1. The highest BCUT2D eigenvalue weighted by Gasteiger charge is 2.49. The Balaban J connectivity index is 2.16. The maximum absolute atomic E-state index is 12.0. The second-order valence-corrected chi connectivity index (χ2v) is 5.62. The number of carbonyl (C=O) groups excluding carboxylic acids is 2. The Kier molecular flexibility index (Phi) is 2.85. The van der Waals surface area contributed by atoms with Crippen LogP contribution in [0.4, 0.5) is 4.79 Å². The predicted octanol–water partition coefficient (Wildman–Crippen LogP) is 1.11. The van der Waals surface area contributed by atoms with Gasteiger partial charge in [-0.05, 0) is 39.7 Å². The van der Waals surface area contributed by atoms with E-state index in [4.69, 9.17) is 15.3 Å². The summed E-state index contributed by atoms with van der Waals surface area (Å²) in [5, 5.41) is 1.11. The first kappa shape index (κ1) is 12.9. The van der Waals surface area contributed by atoms with Gasteiger partial charge in [-0.2, -0.15) is 5.06 Å². The van der Waals surface area contributed by atoms with Crippen LogP contribution in [0.3, 0.4) is 0 Å². The van der Waals surface area contributed by atoms with Crippen molar-refractivity contribution in [3.8, 4) is 0 Å². The van der Waals surface area contributed by atoms with E-state index in [-0.39, 0.29) is 6.04 Å². The Morgan fingerprint density at radius 3 is 2.61 bits per heavy atom. The van der Waals surface area contributed by atoms with Gasteiger partial charge in [0.05, 0.1) is 6.04 Å². The molecule has 2 unspecified atom stereocenters. The summed E-state index contributed by atoms with van der Waals surface area (Å²) in [6.07, 6.45) is 3.93. The molecule has 1 saturated heterocycles. The highest BCUT2D eigenvalue weighted by molar-refractivity contribution is 5.86.